The molecular formula is C14H27N3O3S. The summed E-state index contributed by atoms with van der Waals surface area (Å²) < 4.78 is 29.8. The number of rotatable bonds is 8. The van der Waals surface area contributed by atoms with Crippen LogP contribution in [-0.2, 0) is 16.6 Å². The highest BCUT2D eigenvalue weighted by Crippen LogP contribution is 2.23. The Morgan fingerprint density at radius 1 is 1.29 bits per heavy atom. The number of aliphatic hydroxyl groups excluding tert-OH is 1. The molecule has 0 aliphatic carbocycles. The third-order valence-electron chi connectivity index (χ3n) is 4.05. The van der Waals surface area contributed by atoms with Crippen LogP contribution in [0.3, 0.4) is 0 Å². The van der Waals surface area contributed by atoms with E-state index in [1.807, 2.05) is 20.8 Å². The molecule has 21 heavy (non-hydrogen) atoms. The van der Waals surface area contributed by atoms with Gasteiger partial charge in [0.1, 0.15) is 4.90 Å². The molecule has 0 saturated carbocycles. The highest BCUT2D eigenvalue weighted by atomic mass is 32.2. The van der Waals surface area contributed by atoms with Crippen LogP contribution in [-0.4, -0.2) is 35.5 Å². The minimum atomic E-state index is -3.60. The summed E-state index contributed by atoms with van der Waals surface area (Å²) in [5.41, 5.74) is 0.653. The van der Waals surface area contributed by atoms with Crippen molar-refractivity contribution < 1.29 is 13.5 Å². The minimum Gasteiger partial charge on any atom is -0.396 e. The van der Waals surface area contributed by atoms with E-state index in [0.717, 1.165) is 12.8 Å². The van der Waals surface area contributed by atoms with Gasteiger partial charge in [-0.15, -0.1) is 0 Å². The van der Waals surface area contributed by atoms with Gasteiger partial charge in [-0.05, 0) is 40.0 Å². The number of nitrogens with one attached hydrogen (secondary N) is 1. The van der Waals surface area contributed by atoms with Gasteiger partial charge in [-0.1, -0.05) is 13.8 Å². The second kappa shape index (κ2) is 6.89. The Labute approximate surface area is 127 Å². The normalized spacial score (nSPS) is 12.9. The van der Waals surface area contributed by atoms with Crippen LogP contribution in [0, 0.1) is 13.8 Å². The molecular weight excluding hydrogens is 290 g/mol. The fourth-order valence-corrected chi connectivity index (χ4v) is 4.24. The Hall–Kier alpha value is -0.920. The number of aryl methyl sites for hydroxylation is 2. The molecule has 0 aliphatic rings. The number of aliphatic hydroxyl groups is 1. The van der Waals surface area contributed by atoms with E-state index in [9.17, 15) is 8.42 Å². The van der Waals surface area contributed by atoms with Crippen LogP contribution in [0.2, 0.25) is 0 Å². The van der Waals surface area contributed by atoms with Gasteiger partial charge in [-0.25, -0.2) is 13.1 Å². The van der Waals surface area contributed by atoms with Crippen LogP contribution in [0.1, 0.15) is 51.4 Å². The minimum absolute atomic E-state index is 0.0580. The Bertz CT molecular complexity index is 575. The van der Waals surface area contributed by atoms with E-state index < -0.39 is 15.6 Å². The monoisotopic (exact) mass is 317 g/mol. The molecule has 0 aliphatic heterocycles. The van der Waals surface area contributed by atoms with E-state index in [0.29, 0.717) is 24.4 Å². The summed E-state index contributed by atoms with van der Waals surface area (Å²) >= 11 is 0. The van der Waals surface area contributed by atoms with Gasteiger partial charge < -0.3 is 5.11 Å². The van der Waals surface area contributed by atoms with Crippen molar-refractivity contribution >= 4 is 10.0 Å². The van der Waals surface area contributed by atoms with Gasteiger partial charge in [-0.3, -0.25) is 4.68 Å². The van der Waals surface area contributed by atoms with Gasteiger partial charge >= 0.3 is 0 Å². The topological polar surface area (TPSA) is 84.2 Å². The largest absolute Gasteiger partial charge is 0.396 e. The summed E-state index contributed by atoms with van der Waals surface area (Å²) in [7, 11) is -3.60. The van der Waals surface area contributed by atoms with Crippen molar-refractivity contribution in [2.75, 3.05) is 6.61 Å². The number of aromatic nitrogens is 2. The van der Waals surface area contributed by atoms with Crippen LogP contribution in [0.15, 0.2) is 4.90 Å². The molecule has 0 amide bonds. The molecule has 122 valence electrons. The molecule has 1 rings (SSSR count). The first-order valence-electron chi connectivity index (χ1n) is 7.39. The smallest absolute Gasteiger partial charge is 0.244 e. The Morgan fingerprint density at radius 2 is 1.86 bits per heavy atom. The zero-order chi connectivity index (χ0) is 16.3. The third-order valence-corrected chi connectivity index (χ3v) is 5.94. The highest BCUT2D eigenvalue weighted by molar-refractivity contribution is 7.89. The number of sulfonamides is 1. The van der Waals surface area contributed by atoms with Crippen molar-refractivity contribution in [3.05, 3.63) is 11.4 Å². The highest BCUT2D eigenvalue weighted by Gasteiger charge is 2.31. The van der Waals surface area contributed by atoms with Crippen LogP contribution in [0.4, 0.5) is 0 Å². The average molecular weight is 317 g/mol. The summed E-state index contributed by atoms with van der Waals surface area (Å²) in [6.45, 7) is 9.87. The van der Waals surface area contributed by atoms with Gasteiger partial charge in [0.2, 0.25) is 10.0 Å². The van der Waals surface area contributed by atoms with Crippen LogP contribution >= 0.6 is 0 Å². The molecule has 1 aromatic heterocycles. The van der Waals surface area contributed by atoms with Crippen molar-refractivity contribution in [3.8, 4) is 0 Å². The zero-order valence-electron chi connectivity index (χ0n) is 13.6. The van der Waals surface area contributed by atoms with E-state index in [4.69, 9.17) is 5.11 Å². The lowest BCUT2D eigenvalue weighted by atomic mass is 9.98. The zero-order valence-corrected chi connectivity index (χ0v) is 14.4. The molecule has 1 heterocycles. The molecule has 2 N–H and O–H groups in total. The number of nitrogens with zero attached hydrogens (tertiary/aromatic N) is 2. The van der Waals surface area contributed by atoms with Gasteiger partial charge in [0.25, 0.3) is 0 Å². The molecule has 0 fully saturated rings. The predicted molar refractivity (Wildman–Crippen MR) is 82.7 cm³/mol. The third kappa shape index (κ3) is 4.05. The maximum Gasteiger partial charge on any atom is 0.244 e. The lowest BCUT2D eigenvalue weighted by Crippen LogP contribution is -2.45. The Morgan fingerprint density at radius 3 is 2.33 bits per heavy atom. The second-order valence-electron chi connectivity index (χ2n) is 5.67. The van der Waals surface area contributed by atoms with Gasteiger partial charge in [0, 0.05) is 18.7 Å². The standard InChI is InChI=1S/C14H27N3O3S/c1-6-14(5,7-2)16-21(19,20)13-11(3)15-17(12(13)4)9-8-10-18/h16,18H,6-10H2,1-5H3. The fourth-order valence-electron chi connectivity index (χ4n) is 2.28. The summed E-state index contributed by atoms with van der Waals surface area (Å²) in [4.78, 5) is 0.258. The first-order valence-corrected chi connectivity index (χ1v) is 8.88. The van der Waals surface area contributed by atoms with Crippen molar-refractivity contribution in [3.63, 3.8) is 0 Å². The lowest BCUT2D eigenvalue weighted by Gasteiger charge is -2.27. The Balaban J connectivity index is 3.17. The summed E-state index contributed by atoms with van der Waals surface area (Å²) in [5, 5.41) is 13.2. The molecule has 0 atom stereocenters. The van der Waals surface area contributed by atoms with E-state index in [-0.39, 0.29) is 11.5 Å². The number of hydrogen-bond acceptors (Lipinski definition) is 4. The van der Waals surface area contributed by atoms with Crippen molar-refractivity contribution in [1.29, 1.82) is 0 Å². The second-order valence-corrected chi connectivity index (χ2v) is 7.29. The quantitative estimate of drug-likeness (QED) is 0.765. The van der Waals surface area contributed by atoms with Crippen LogP contribution in [0.5, 0.6) is 0 Å². The van der Waals surface area contributed by atoms with Gasteiger partial charge in [-0.2, -0.15) is 5.10 Å². The average Bonchev–Trinajstić information content (AvgIpc) is 2.71. The molecule has 0 bridgehead atoms. The van der Waals surface area contributed by atoms with Crippen molar-refractivity contribution in [2.45, 2.75) is 70.9 Å². The van der Waals surface area contributed by atoms with E-state index in [2.05, 4.69) is 9.82 Å². The molecule has 0 saturated heterocycles. The molecule has 0 radical (unpaired) electrons. The van der Waals surface area contributed by atoms with E-state index >= 15 is 0 Å². The molecule has 1 aromatic rings. The van der Waals surface area contributed by atoms with E-state index in [1.165, 1.54) is 0 Å². The lowest BCUT2D eigenvalue weighted by molar-refractivity contribution is 0.276. The molecule has 0 aromatic carbocycles. The maximum atomic E-state index is 12.7. The van der Waals surface area contributed by atoms with Crippen LogP contribution < -0.4 is 4.72 Å². The van der Waals surface area contributed by atoms with Crippen molar-refractivity contribution in [2.24, 2.45) is 0 Å². The molecule has 7 heteroatoms. The molecule has 0 unspecified atom stereocenters. The van der Waals surface area contributed by atoms with Gasteiger partial charge in [0.05, 0.1) is 11.4 Å². The number of hydrogen-bond donors (Lipinski definition) is 2. The summed E-state index contributed by atoms with van der Waals surface area (Å²) in [5.74, 6) is 0. The van der Waals surface area contributed by atoms with Gasteiger partial charge in [0.15, 0.2) is 0 Å². The Kier molecular flexibility index (Phi) is 5.95. The van der Waals surface area contributed by atoms with E-state index in [1.54, 1.807) is 18.5 Å². The predicted octanol–water partition coefficient (Wildman–Crippen LogP) is 1.74. The van der Waals surface area contributed by atoms with Crippen LogP contribution in [0.25, 0.3) is 0 Å². The summed E-state index contributed by atoms with van der Waals surface area (Å²) in [6, 6.07) is 0. The van der Waals surface area contributed by atoms with Crippen molar-refractivity contribution in [1.82, 2.24) is 14.5 Å². The maximum absolute atomic E-state index is 12.7. The first kappa shape index (κ1) is 18.1. The summed E-state index contributed by atoms with van der Waals surface area (Å²) in [6.07, 6.45) is 2.00. The first-order chi connectivity index (χ1) is 9.70. The molecule has 0 spiro atoms. The molecule has 6 nitrogen and oxygen atoms in total. The fraction of sp³-hybridized carbons (Fsp3) is 0.786. The SMILES string of the molecule is CCC(C)(CC)NS(=O)(=O)c1c(C)nn(CCCO)c1C.